The largest absolute Gasteiger partial charge is 0.496 e. The summed E-state index contributed by atoms with van der Waals surface area (Å²) in [7, 11) is 1.61. The molecule has 0 amide bonds. The molecule has 0 fully saturated rings. The van der Waals surface area contributed by atoms with Gasteiger partial charge in [0.1, 0.15) is 23.2 Å². The SMILES string of the molecule is COc1ccccc1-c1cc(-c2ccccc2Br)c(C#N)c(N)n1. The Bertz CT molecular complexity index is 948. The van der Waals surface area contributed by atoms with Crippen LogP contribution < -0.4 is 10.5 Å². The van der Waals surface area contributed by atoms with Crippen molar-refractivity contribution < 1.29 is 4.74 Å². The monoisotopic (exact) mass is 379 g/mol. The van der Waals surface area contributed by atoms with Gasteiger partial charge in [-0.05, 0) is 29.8 Å². The number of halogens is 1. The minimum Gasteiger partial charge on any atom is -0.496 e. The van der Waals surface area contributed by atoms with Crippen molar-refractivity contribution in [1.82, 2.24) is 4.98 Å². The van der Waals surface area contributed by atoms with Crippen LogP contribution in [0.5, 0.6) is 5.75 Å². The van der Waals surface area contributed by atoms with Crippen LogP contribution in [0.4, 0.5) is 5.82 Å². The summed E-state index contributed by atoms with van der Waals surface area (Å²) < 4.78 is 6.30. The molecule has 118 valence electrons. The molecule has 2 N–H and O–H groups in total. The molecule has 1 aromatic heterocycles. The van der Waals surface area contributed by atoms with Gasteiger partial charge in [-0.1, -0.05) is 46.3 Å². The van der Waals surface area contributed by atoms with E-state index in [1.165, 1.54) is 0 Å². The number of benzene rings is 2. The fourth-order valence-electron chi connectivity index (χ4n) is 2.57. The number of nitrogens with zero attached hydrogens (tertiary/aromatic N) is 2. The Morgan fingerprint density at radius 1 is 1.04 bits per heavy atom. The van der Waals surface area contributed by atoms with Crippen LogP contribution in [0.3, 0.4) is 0 Å². The molecular weight excluding hydrogens is 366 g/mol. The molecular formula is C19H14BrN3O. The van der Waals surface area contributed by atoms with Gasteiger partial charge in [0, 0.05) is 15.6 Å². The number of hydrogen-bond acceptors (Lipinski definition) is 4. The van der Waals surface area contributed by atoms with Gasteiger partial charge in [-0.3, -0.25) is 0 Å². The van der Waals surface area contributed by atoms with Gasteiger partial charge < -0.3 is 10.5 Å². The third-order valence-electron chi connectivity index (χ3n) is 3.71. The summed E-state index contributed by atoms with van der Waals surface area (Å²) in [6.07, 6.45) is 0. The molecule has 0 radical (unpaired) electrons. The Balaban J connectivity index is 2.29. The van der Waals surface area contributed by atoms with Gasteiger partial charge in [0.25, 0.3) is 0 Å². The van der Waals surface area contributed by atoms with E-state index in [1.807, 2.05) is 54.6 Å². The molecule has 1 heterocycles. The number of hydrogen-bond donors (Lipinski definition) is 1. The second-order valence-corrected chi connectivity index (χ2v) is 5.96. The number of methoxy groups -OCH3 is 1. The zero-order chi connectivity index (χ0) is 17.1. The number of aromatic nitrogens is 1. The summed E-state index contributed by atoms with van der Waals surface area (Å²) in [5, 5.41) is 9.50. The van der Waals surface area contributed by atoms with Crippen LogP contribution in [0.15, 0.2) is 59.1 Å². The highest BCUT2D eigenvalue weighted by molar-refractivity contribution is 9.10. The summed E-state index contributed by atoms with van der Waals surface area (Å²) in [4.78, 5) is 4.40. The predicted molar refractivity (Wildman–Crippen MR) is 98.5 cm³/mol. The summed E-state index contributed by atoms with van der Waals surface area (Å²) in [6, 6.07) is 19.3. The van der Waals surface area contributed by atoms with Crippen LogP contribution in [-0.2, 0) is 0 Å². The van der Waals surface area contributed by atoms with Gasteiger partial charge in [0.15, 0.2) is 0 Å². The molecule has 2 aromatic carbocycles. The molecule has 5 heteroatoms. The first-order valence-corrected chi connectivity index (χ1v) is 8.04. The molecule has 24 heavy (non-hydrogen) atoms. The maximum atomic E-state index is 9.50. The molecule has 0 aliphatic rings. The normalized spacial score (nSPS) is 10.2. The average Bonchev–Trinajstić information content (AvgIpc) is 2.61. The van der Waals surface area contributed by atoms with E-state index in [9.17, 15) is 5.26 Å². The van der Waals surface area contributed by atoms with Crippen molar-refractivity contribution in [3.8, 4) is 34.2 Å². The first-order chi connectivity index (χ1) is 11.7. The Labute approximate surface area is 148 Å². The predicted octanol–water partition coefficient (Wildman–Crippen LogP) is 4.64. The molecule has 0 aliphatic heterocycles. The standard InChI is InChI=1S/C19H14BrN3O/c1-24-18-9-5-3-7-13(18)17-10-14(15(11-21)19(22)23-17)12-6-2-4-8-16(12)20/h2-10H,1H3,(H2,22,23). The molecule has 0 bridgehead atoms. The van der Waals surface area contributed by atoms with Crippen LogP contribution in [0, 0.1) is 11.3 Å². The van der Waals surface area contributed by atoms with E-state index in [0.717, 1.165) is 21.2 Å². The van der Waals surface area contributed by atoms with Gasteiger partial charge in [-0.15, -0.1) is 0 Å². The summed E-state index contributed by atoms with van der Waals surface area (Å²) in [5.74, 6) is 0.902. The van der Waals surface area contributed by atoms with Crippen LogP contribution in [0.25, 0.3) is 22.4 Å². The third-order valence-corrected chi connectivity index (χ3v) is 4.40. The Hall–Kier alpha value is -2.84. The molecule has 0 saturated heterocycles. The van der Waals surface area contributed by atoms with Crippen LogP contribution in [0.2, 0.25) is 0 Å². The average molecular weight is 380 g/mol. The zero-order valence-corrected chi connectivity index (χ0v) is 14.5. The smallest absolute Gasteiger partial charge is 0.142 e. The maximum Gasteiger partial charge on any atom is 0.142 e. The summed E-state index contributed by atoms with van der Waals surface area (Å²) >= 11 is 3.53. The second-order valence-electron chi connectivity index (χ2n) is 5.11. The summed E-state index contributed by atoms with van der Waals surface area (Å²) in [6.45, 7) is 0. The van der Waals surface area contributed by atoms with Gasteiger partial charge >= 0.3 is 0 Å². The van der Waals surface area contributed by atoms with Gasteiger partial charge in [0.2, 0.25) is 0 Å². The highest BCUT2D eigenvalue weighted by Gasteiger charge is 2.16. The van der Waals surface area contributed by atoms with Gasteiger partial charge in [-0.25, -0.2) is 4.98 Å². The van der Waals surface area contributed by atoms with Gasteiger partial charge in [-0.2, -0.15) is 5.26 Å². The Morgan fingerprint density at radius 3 is 2.38 bits per heavy atom. The summed E-state index contributed by atoms with van der Waals surface area (Å²) in [5.41, 5.74) is 9.53. The minimum absolute atomic E-state index is 0.201. The molecule has 0 atom stereocenters. The van der Waals surface area contributed by atoms with Crippen LogP contribution in [0.1, 0.15) is 5.56 Å². The van der Waals surface area contributed by atoms with Crippen molar-refractivity contribution in [2.45, 2.75) is 0 Å². The number of nitrogen functional groups attached to an aromatic ring is 1. The third kappa shape index (κ3) is 2.84. The number of nitrogens with two attached hydrogens (primary N) is 1. The number of para-hydroxylation sites is 1. The van der Waals surface area contributed by atoms with E-state index < -0.39 is 0 Å². The first-order valence-electron chi connectivity index (χ1n) is 7.24. The molecule has 3 aromatic rings. The molecule has 0 saturated carbocycles. The number of ether oxygens (including phenoxy) is 1. The highest BCUT2D eigenvalue weighted by Crippen LogP contribution is 2.37. The van der Waals surface area contributed by atoms with Crippen LogP contribution >= 0.6 is 15.9 Å². The van der Waals surface area contributed by atoms with E-state index >= 15 is 0 Å². The van der Waals surface area contributed by atoms with Crippen molar-refractivity contribution in [3.05, 3.63) is 64.6 Å². The molecule has 0 spiro atoms. The maximum absolute atomic E-state index is 9.50. The molecule has 0 aliphatic carbocycles. The van der Waals surface area contributed by atoms with Crippen molar-refractivity contribution in [1.29, 1.82) is 5.26 Å². The highest BCUT2D eigenvalue weighted by atomic mass is 79.9. The van der Waals surface area contributed by atoms with E-state index in [2.05, 4.69) is 27.0 Å². The van der Waals surface area contributed by atoms with E-state index in [-0.39, 0.29) is 5.82 Å². The lowest BCUT2D eigenvalue weighted by Crippen LogP contribution is -2.00. The van der Waals surface area contributed by atoms with Crippen molar-refractivity contribution >= 4 is 21.7 Å². The molecule has 3 rings (SSSR count). The van der Waals surface area contributed by atoms with E-state index in [4.69, 9.17) is 10.5 Å². The van der Waals surface area contributed by atoms with Crippen LogP contribution in [-0.4, -0.2) is 12.1 Å². The lowest BCUT2D eigenvalue weighted by molar-refractivity contribution is 0.416. The van der Waals surface area contributed by atoms with E-state index in [0.29, 0.717) is 17.0 Å². The Kier molecular flexibility index (Phi) is 4.50. The minimum atomic E-state index is 0.201. The number of nitriles is 1. The van der Waals surface area contributed by atoms with Gasteiger partial charge in [0.05, 0.1) is 12.8 Å². The van der Waals surface area contributed by atoms with Crippen molar-refractivity contribution in [2.75, 3.05) is 12.8 Å². The lowest BCUT2D eigenvalue weighted by Gasteiger charge is -2.13. The quantitative estimate of drug-likeness (QED) is 0.719. The fraction of sp³-hybridized carbons (Fsp3) is 0.0526. The Morgan fingerprint density at radius 2 is 1.71 bits per heavy atom. The number of rotatable bonds is 3. The van der Waals surface area contributed by atoms with E-state index in [1.54, 1.807) is 7.11 Å². The molecule has 0 unspecified atom stereocenters. The topological polar surface area (TPSA) is 71.9 Å². The first kappa shape index (κ1) is 16.0. The molecule has 4 nitrogen and oxygen atoms in total. The number of pyridine rings is 1. The number of anilines is 1. The zero-order valence-electron chi connectivity index (χ0n) is 13.0. The second kappa shape index (κ2) is 6.73. The fourth-order valence-corrected chi connectivity index (χ4v) is 3.07. The lowest BCUT2D eigenvalue weighted by atomic mass is 9.98. The van der Waals surface area contributed by atoms with Crippen molar-refractivity contribution in [2.24, 2.45) is 0 Å². The van der Waals surface area contributed by atoms with Crippen molar-refractivity contribution in [3.63, 3.8) is 0 Å².